The Bertz CT molecular complexity index is 1620. The first-order valence-corrected chi connectivity index (χ1v) is 16.9. The van der Waals surface area contributed by atoms with E-state index in [1.165, 1.54) is 35.9 Å². The van der Waals surface area contributed by atoms with Crippen LogP contribution in [0.4, 0.5) is 9.93 Å². The molecule has 4 amide bonds. The number of amides is 4. The van der Waals surface area contributed by atoms with Crippen LogP contribution in [0.2, 0.25) is 0 Å². The van der Waals surface area contributed by atoms with Crippen LogP contribution in [-0.2, 0) is 40.1 Å². The second-order valence-electron chi connectivity index (χ2n) is 11.8. The fourth-order valence-corrected chi connectivity index (χ4v) is 6.69. The van der Waals surface area contributed by atoms with Gasteiger partial charge in [-0.25, -0.2) is 14.6 Å². The van der Waals surface area contributed by atoms with Gasteiger partial charge in [-0.1, -0.05) is 17.3 Å². The average Bonchev–Trinajstić information content (AvgIpc) is 3.48. The number of hydrogen-bond acceptors (Lipinski definition) is 13. The van der Waals surface area contributed by atoms with E-state index in [2.05, 4.69) is 26.1 Å². The van der Waals surface area contributed by atoms with Crippen molar-refractivity contribution in [3.63, 3.8) is 0 Å². The van der Waals surface area contributed by atoms with Gasteiger partial charge in [0.15, 0.2) is 10.8 Å². The van der Waals surface area contributed by atoms with Crippen molar-refractivity contribution in [3.05, 3.63) is 52.2 Å². The lowest BCUT2D eigenvalue weighted by molar-refractivity contribution is -0.153. The highest BCUT2D eigenvalue weighted by molar-refractivity contribution is 8.00. The Morgan fingerprint density at radius 3 is 2.50 bits per heavy atom. The zero-order valence-electron chi connectivity index (χ0n) is 27.0. The summed E-state index contributed by atoms with van der Waals surface area (Å²) in [6.45, 7) is 8.01. The number of hydrogen-bond donors (Lipinski definition) is 3. The van der Waals surface area contributed by atoms with E-state index in [1.54, 1.807) is 52.1 Å². The first kappa shape index (κ1) is 36.5. The van der Waals surface area contributed by atoms with E-state index < -0.39 is 46.6 Å². The summed E-state index contributed by atoms with van der Waals surface area (Å²) >= 11 is 8.49. The van der Waals surface area contributed by atoms with Gasteiger partial charge in [0.05, 0.1) is 7.11 Å². The number of ether oxygens (including phenoxy) is 3. The minimum Gasteiger partial charge on any atom is -0.497 e. The molecule has 48 heavy (non-hydrogen) atoms. The number of benzene rings is 1. The molecule has 18 heteroatoms. The maximum atomic E-state index is 13.6. The Morgan fingerprint density at radius 1 is 1.17 bits per heavy atom. The molecule has 258 valence electrons. The van der Waals surface area contributed by atoms with Crippen LogP contribution in [0, 0.1) is 0 Å². The summed E-state index contributed by atoms with van der Waals surface area (Å²) in [4.78, 5) is 74.6. The quantitative estimate of drug-likeness (QED) is 0.0524. The van der Waals surface area contributed by atoms with Crippen LogP contribution in [0.3, 0.4) is 0 Å². The molecule has 1 aromatic heterocycles. The second kappa shape index (κ2) is 15.3. The number of alkyl carbamates (subject to hydrolysis) is 1. The monoisotopic (exact) mass is 722 g/mol. The number of alkyl halides is 1. The Labute approximate surface area is 289 Å². The zero-order chi connectivity index (χ0) is 35.2. The van der Waals surface area contributed by atoms with Crippen LogP contribution in [0.1, 0.15) is 45.9 Å². The molecule has 0 saturated carbocycles. The van der Waals surface area contributed by atoms with Crippen LogP contribution in [-0.4, -0.2) is 87.4 Å². The third-order valence-electron chi connectivity index (χ3n) is 6.53. The number of halogens is 1. The van der Waals surface area contributed by atoms with Gasteiger partial charge in [0.25, 0.3) is 11.8 Å². The third kappa shape index (κ3) is 8.96. The van der Waals surface area contributed by atoms with Crippen LogP contribution < -0.4 is 20.7 Å². The first-order chi connectivity index (χ1) is 22.7. The molecule has 2 atom stereocenters. The summed E-state index contributed by atoms with van der Waals surface area (Å²) in [7, 11) is 1.55. The summed E-state index contributed by atoms with van der Waals surface area (Å²) < 4.78 is 15.9. The number of anilines is 1. The van der Waals surface area contributed by atoms with E-state index in [-0.39, 0.29) is 34.7 Å². The van der Waals surface area contributed by atoms with E-state index in [0.29, 0.717) is 29.0 Å². The minimum absolute atomic E-state index is 0.00423. The van der Waals surface area contributed by atoms with Crippen molar-refractivity contribution in [2.45, 2.75) is 64.0 Å². The molecule has 3 heterocycles. The highest BCUT2D eigenvalue weighted by atomic mass is 35.5. The molecule has 2 aromatic rings. The molecule has 1 saturated heterocycles. The standard InChI is InChI=1S/C30H35ClN6O9S2/c1-29(2,3)45-28(42)35-30(4,5)46-36-20(19-14-48-27(33-19)32-15-38)23(39)34-21-24(40)37-22(17(11-31)13-47-25(21)37)26(41)44-12-16-7-9-18(43-6)10-8-16/h7-10,14-15,21,25H,11-13H2,1-6H3,(H,34,39)(H,35,42)(H,32,33,38)/t21?,25-/m1/s1. The smallest absolute Gasteiger partial charge is 0.410 e. The molecule has 3 N–H and O–H groups in total. The average molecular weight is 723 g/mol. The zero-order valence-corrected chi connectivity index (χ0v) is 29.3. The lowest BCUT2D eigenvalue weighted by Gasteiger charge is -2.49. The molecule has 2 aliphatic rings. The molecule has 1 aromatic carbocycles. The summed E-state index contributed by atoms with van der Waals surface area (Å²) in [6, 6.07) is 5.92. The number of aromatic nitrogens is 1. The molecule has 0 bridgehead atoms. The summed E-state index contributed by atoms with van der Waals surface area (Å²) in [6.07, 6.45) is -0.356. The maximum absolute atomic E-state index is 13.6. The van der Waals surface area contributed by atoms with E-state index in [0.717, 1.165) is 11.3 Å². The molecule has 0 aliphatic carbocycles. The molecule has 15 nitrogen and oxygen atoms in total. The van der Waals surface area contributed by atoms with Crippen molar-refractivity contribution in [1.82, 2.24) is 20.5 Å². The number of carbonyl (C=O) groups excluding carboxylic acids is 5. The number of nitrogens with zero attached hydrogens (tertiary/aromatic N) is 3. The van der Waals surface area contributed by atoms with E-state index in [9.17, 15) is 24.0 Å². The topological polar surface area (TPSA) is 187 Å². The van der Waals surface area contributed by atoms with Crippen molar-refractivity contribution in [3.8, 4) is 5.75 Å². The van der Waals surface area contributed by atoms with Crippen LogP contribution in [0.25, 0.3) is 0 Å². The largest absolute Gasteiger partial charge is 0.497 e. The fourth-order valence-electron chi connectivity index (χ4n) is 4.36. The predicted molar refractivity (Wildman–Crippen MR) is 178 cm³/mol. The number of oxime groups is 1. The Balaban J connectivity index is 1.50. The number of rotatable bonds is 13. The van der Waals surface area contributed by atoms with Gasteiger partial charge in [-0.15, -0.1) is 34.7 Å². The van der Waals surface area contributed by atoms with Gasteiger partial charge in [0, 0.05) is 17.0 Å². The van der Waals surface area contributed by atoms with Gasteiger partial charge in [0.1, 0.15) is 40.8 Å². The summed E-state index contributed by atoms with van der Waals surface area (Å²) in [5.41, 5.74) is -1.26. The molecular formula is C30H35ClN6O9S2. The van der Waals surface area contributed by atoms with E-state index >= 15 is 0 Å². The summed E-state index contributed by atoms with van der Waals surface area (Å²) in [5, 5.41) is 12.5. The van der Waals surface area contributed by atoms with E-state index in [4.69, 9.17) is 30.6 Å². The first-order valence-electron chi connectivity index (χ1n) is 14.4. The normalized spacial score (nSPS) is 17.9. The van der Waals surface area contributed by atoms with Gasteiger partial charge in [-0.05, 0) is 57.9 Å². The highest BCUT2D eigenvalue weighted by Crippen LogP contribution is 2.41. The number of fused-ring (bicyclic) bond motifs is 1. The number of nitrogens with one attached hydrogen (secondary N) is 3. The minimum atomic E-state index is -1.44. The number of β-lactam (4-membered cyclic amide) rings is 1. The van der Waals surface area contributed by atoms with Crippen molar-refractivity contribution < 1.29 is 43.0 Å². The van der Waals surface area contributed by atoms with Crippen LogP contribution in [0.5, 0.6) is 5.75 Å². The van der Waals surface area contributed by atoms with Gasteiger partial charge in [-0.2, -0.15) is 0 Å². The third-order valence-corrected chi connectivity index (χ3v) is 8.96. The molecule has 4 rings (SSSR count). The molecule has 1 unspecified atom stereocenters. The number of esters is 1. The van der Waals surface area contributed by atoms with Gasteiger partial charge >= 0.3 is 12.1 Å². The number of methoxy groups -OCH3 is 1. The Kier molecular flexibility index (Phi) is 11.6. The second-order valence-corrected chi connectivity index (χ2v) is 14.1. The van der Waals surface area contributed by atoms with Gasteiger partial charge in [-0.3, -0.25) is 24.6 Å². The number of thioether (sulfide) groups is 1. The Morgan fingerprint density at radius 2 is 1.88 bits per heavy atom. The van der Waals surface area contributed by atoms with Gasteiger partial charge in [0.2, 0.25) is 12.1 Å². The SMILES string of the molecule is COc1ccc(COC(=O)C2=C(CCl)CS[C@@H]3C(NC(=O)C(=NOC(C)(C)NC(=O)OC(C)(C)C)c4csc(NC=O)n4)C(=O)N23)cc1. The molecule has 2 aliphatic heterocycles. The molecular weight excluding hydrogens is 688 g/mol. The van der Waals surface area contributed by atoms with E-state index in [1.807, 2.05) is 0 Å². The Hall–Kier alpha value is -4.35. The molecule has 0 spiro atoms. The predicted octanol–water partition coefficient (Wildman–Crippen LogP) is 3.34. The number of carbonyl (C=O) groups is 5. The molecule has 0 radical (unpaired) electrons. The van der Waals surface area contributed by atoms with Crippen molar-refractivity contribution in [2.75, 3.05) is 24.1 Å². The van der Waals surface area contributed by atoms with Crippen LogP contribution >= 0.6 is 34.7 Å². The maximum Gasteiger partial charge on any atom is 0.410 e. The van der Waals surface area contributed by atoms with Crippen molar-refractivity contribution in [1.29, 1.82) is 0 Å². The lowest BCUT2D eigenvalue weighted by Crippen LogP contribution is -2.71. The van der Waals surface area contributed by atoms with Gasteiger partial charge < -0.3 is 29.7 Å². The highest BCUT2D eigenvalue weighted by Gasteiger charge is 2.54. The molecule has 1 fully saturated rings. The van der Waals surface area contributed by atoms with Crippen LogP contribution in [0.15, 0.2) is 46.1 Å². The summed E-state index contributed by atoms with van der Waals surface area (Å²) in [5.74, 6) is -1.15. The lowest BCUT2D eigenvalue weighted by atomic mass is 10.0. The van der Waals surface area contributed by atoms with Crippen molar-refractivity contribution in [2.24, 2.45) is 5.16 Å². The fraction of sp³-hybridized carbons (Fsp3) is 0.433. The number of thiazole rings is 1. The van der Waals surface area contributed by atoms with Crippen molar-refractivity contribution >= 4 is 75.8 Å².